The predicted molar refractivity (Wildman–Crippen MR) is 54.0 cm³/mol. The van der Waals surface area contributed by atoms with Crippen LogP contribution in [0.3, 0.4) is 0 Å². The SMILES string of the molecule is CC1C(=O)NCCN1c1ccnc(F)c1. The van der Waals surface area contributed by atoms with Gasteiger partial charge in [0.05, 0.1) is 0 Å². The highest BCUT2D eigenvalue weighted by Crippen LogP contribution is 2.18. The zero-order valence-electron chi connectivity index (χ0n) is 8.40. The highest BCUT2D eigenvalue weighted by molar-refractivity contribution is 5.86. The molecule has 1 aliphatic rings. The predicted octanol–water partition coefficient (Wildman–Crippen LogP) is 0.545. The van der Waals surface area contributed by atoms with Crippen molar-refractivity contribution in [2.45, 2.75) is 13.0 Å². The molecule has 4 nitrogen and oxygen atoms in total. The molecule has 1 atom stereocenters. The Hall–Kier alpha value is -1.65. The van der Waals surface area contributed by atoms with Crippen molar-refractivity contribution in [3.8, 4) is 0 Å². The van der Waals surface area contributed by atoms with Gasteiger partial charge in [-0.15, -0.1) is 0 Å². The molecule has 2 heterocycles. The third-order valence-corrected chi connectivity index (χ3v) is 2.54. The molecule has 1 aliphatic heterocycles. The van der Waals surface area contributed by atoms with E-state index in [0.717, 1.165) is 0 Å². The van der Waals surface area contributed by atoms with E-state index in [1.807, 2.05) is 4.90 Å². The van der Waals surface area contributed by atoms with Crippen LogP contribution in [0.15, 0.2) is 18.3 Å². The van der Waals surface area contributed by atoms with Gasteiger partial charge in [0.1, 0.15) is 6.04 Å². The molecule has 1 fully saturated rings. The molecular weight excluding hydrogens is 197 g/mol. The molecule has 80 valence electrons. The summed E-state index contributed by atoms with van der Waals surface area (Å²) in [5.74, 6) is -0.552. The minimum absolute atomic E-state index is 0.0292. The van der Waals surface area contributed by atoms with Gasteiger partial charge in [0.25, 0.3) is 0 Å². The van der Waals surface area contributed by atoms with E-state index >= 15 is 0 Å². The fraction of sp³-hybridized carbons (Fsp3) is 0.400. The second kappa shape index (κ2) is 3.84. The second-order valence-electron chi connectivity index (χ2n) is 3.50. The summed E-state index contributed by atoms with van der Waals surface area (Å²) < 4.78 is 12.9. The number of hydrogen-bond acceptors (Lipinski definition) is 3. The molecular formula is C10H12FN3O. The Balaban J connectivity index is 2.26. The molecule has 1 saturated heterocycles. The van der Waals surface area contributed by atoms with E-state index < -0.39 is 5.95 Å². The Morgan fingerprint density at radius 3 is 3.20 bits per heavy atom. The number of nitrogens with zero attached hydrogens (tertiary/aromatic N) is 2. The van der Waals surface area contributed by atoms with E-state index in [9.17, 15) is 9.18 Å². The molecule has 15 heavy (non-hydrogen) atoms. The topological polar surface area (TPSA) is 45.2 Å². The van der Waals surface area contributed by atoms with Gasteiger partial charge in [-0.1, -0.05) is 0 Å². The normalized spacial score (nSPS) is 21.3. The van der Waals surface area contributed by atoms with E-state index in [4.69, 9.17) is 0 Å². The molecule has 0 saturated carbocycles. The molecule has 1 aromatic rings. The minimum Gasteiger partial charge on any atom is -0.358 e. The Morgan fingerprint density at radius 1 is 1.67 bits per heavy atom. The zero-order valence-corrected chi connectivity index (χ0v) is 8.40. The number of nitrogens with one attached hydrogen (secondary N) is 1. The number of carbonyl (C=O) groups excluding carboxylic acids is 1. The summed E-state index contributed by atoms with van der Waals surface area (Å²) in [6, 6.07) is 2.79. The molecule has 0 radical (unpaired) electrons. The lowest BCUT2D eigenvalue weighted by atomic mass is 10.2. The lowest BCUT2D eigenvalue weighted by molar-refractivity contribution is -0.122. The minimum atomic E-state index is -0.523. The number of halogens is 1. The lowest BCUT2D eigenvalue weighted by Gasteiger charge is -2.34. The van der Waals surface area contributed by atoms with Gasteiger partial charge in [0, 0.05) is 31.0 Å². The number of carbonyl (C=O) groups is 1. The van der Waals surface area contributed by atoms with Gasteiger partial charge >= 0.3 is 0 Å². The Kier molecular flexibility index (Phi) is 2.53. The fourth-order valence-electron chi connectivity index (χ4n) is 1.71. The number of amides is 1. The first-order chi connectivity index (χ1) is 7.18. The van der Waals surface area contributed by atoms with Crippen molar-refractivity contribution in [1.29, 1.82) is 0 Å². The third-order valence-electron chi connectivity index (χ3n) is 2.54. The highest BCUT2D eigenvalue weighted by Gasteiger charge is 2.25. The van der Waals surface area contributed by atoms with Gasteiger partial charge < -0.3 is 10.2 Å². The van der Waals surface area contributed by atoms with Crippen LogP contribution < -0.4 is 10.2 Å². The standard InChI is InChI=1S/C10H12FN3O/c1-7-10(15)13-4-5-14(7)8-2-3-12-9(11)6-8/h2-3,6-7H,4-5H2,1H3,(H,13,15). The number of piperazine rings is 1. The van der Waals surface area contributed by atoms with Crippen LogP contribution in [0.1, 0.15) is 6.92 Å². The van der Waals surface area contributed by atoms with E-state index in [1.165, 1.54) is 12.3 Å². The quantitative estimate of drug-likeness (QED) is 0.687. The van der Waals surface area contributed by atoms with Crippen LogP contribution in [0.5, 0.6) is 0 Å². The Labute approximate surface area is 87.1 Å². The van der Waals surface area contributed by atoms with Crippen LogP contribution in [-0.2, 0) is 4.79 Å². The molecule has 0 aromatic carbocycles. The number of rotatable bonds is 1. The van der Waals surface area contributed by atoms with Crippen molar-refractivity contribution < 1.29 is 9.18 Å². The molecule has 2 rings (SSSR count). The molecule has 1 N–H and O–H groups in total. The summed E-state index contributed by atoms with van der Waals surface area (Å²) in [5.41, 5.74) is 0.699. The van der Waals surface area contributed by atoms with Gasteiger partial charge in [0.2, 0.25) is 11.9 Å². The van der Waals surface area contributed by atoms with Crippen molar-refractivity contribution in [2.75, 3.05) is 18.0 Å². The fourth-order valence-corrected chi connectivity index (χ4v) is 1.71. The van der Waals surface area contributed by atoms with Crippen LogP contribution in [0.2, 0.25) is 0 Å². The maximum absolute atomic E-state index is 12.9. The number of aromatic nitrogens is 1. The molecule has 1 aromatic heterocycles. The van der Waals surface area contributed by atoms with Crippen molar-refractivity contribution in [1.82, 2.24) is 10.3 Å². The largest absolute Gasteiger partial charge is 0.358 e. The van der Waals surface area contributed by atoms with E-state index in [1.54, 1.807) is 13.0 Å². The van der Waals surface area contributed by atoms with Crippen LogP contribution in [0.25, 0.3) is 0 Å². The van der Waals surface area contributed by atoms with Gasteiger partial charge in [-0.2, -0.15) is 4.39 Å². The zero-order chi connectivity index (χ0) is 10.8. The average Bonchev–Trinajstić information content (AvgIpc) is 2.22. The van der Waals surface area contributed by atoms with Crippen molar-refractivity contribution in [3.63, 3.8) is 0 Å². The Bertz CT molecular complexity index is 383. The maximum Gasteiger partial charge on any atom is 0.242 e. The summed E-state index contributed by atoms with van der Waals surface area (Å²) in [6.45, 7) is 3.08. The molecule has 0 bridgehead atoms. The van der Waals surface area contributed by atoms with Crippen LogP contribution >= 0.6 is 0 Å². The molecule has 0 spiro atoms. The van der Waals surface area contributed by atoms with Crippen molar-refractivity contribution in [3.05, 3.63) is 24.3 Å². The van der Waals surface area contributed by atoms with Crippen LogP contribution in [-0.4, -0.2) is 30.0 Å². The summed E-state index contributed by atoms with van der Waals surface area (Å²) in [6.07, 6.45) is 1.41. The van der Waals surface area contributed by atoms with Crippen molar-refractivity contribution >= 4 is 11.6 Å². The molecule has 5 heteroatoms. The number of anilines is 1. The second-order valence-corrected chi connectivity index (χ2v) is 3.50. The Morgan fingerprint density at radius 2 is 2.47 bits per heavy atom. The van der Waals surface area contributed by atoms with Gasteiger partial charge in [-0.05, 0) is 13.0 Å². The van der Waals surface area contributed by atoms with Gasteiger partial charge in [-0.3, -0.25) is 4.79 Å². The third kappa shape index (κ3) is 1.91. The van der Waals surface area contributed by atoms with E-state index in [0.29, 0.717) is 18.8 Å². The average molecular weight is 209 g/mol. The lowest BCUT2D eigenvalue weighted by Crippen LogP contribution is -2.54. The van der Waals surface area contributed by atoms with Gasteiger partial charge in [-0.25, -0.2) is 4.98 Å². The first-order valence-electron chi connectivity index (χ1n) is 4.84. The molecule has 1 unspecified atom stereocenters. The summed E-state index contributed by atoms with van der Waals surface area (Å²) >= 11 is 0. The number of hydrogen-bond donors (Lipinski definition) is 1. The molecule has 1 amide bonds. The highest BCUT2D eigenvalue weighted by atomic mass is 19.1. The summed E-state index contributed by atoms with van der Waals surface area (Å²) in [7, 11) is 0. The smallest absolute Gasteiger partial charge is 0.242 e. The summed E-state index contributed by atoms with van der Waals surface area (Å²) in [4.78, 5) is 16.8. The number of pyridine rings is 1. The first-order valence-corrected chi connectivity index (χ1v) is 4.84. The van der Waals surface area contributed by atoms with Crippen LogP contribution in [0, 0.1) is 5.95 Å². The monoisotopic (exact) mass is 209 g/mol. The first kappa shape index (κ1) is 9.89. The maximum atomic E-state index is 12.9. The van der Waals surface area contributed by atoms with E-state index in [-0.39, 0.29) is 11.9 Å². The summed E-state index contributed by atoms with van der Waals surface area (Å²) in [5, 5.41) is 2.76. The molecule has 0 aliphatic carbocycles. The van der Waals surface area contributed by atoms with Crippen LogP contribution in [0.4, 0.5) is 10.1 Å². The van der Waals surface area contributed by atoms with E-state index in [2.05, 4.69) is 10.3 Å². The van der Waals surface area contributed by atoms with Crippen molar-refractivity contribution in [2.24, 2.45) is 0 Å². The van der Waals surface area contributed by atoms with Gasteiger partial charge in [0.15, 0.2) is 0 Å².